The minimum Gasteiger partial charge on any atom is -0.296 e. The molecule has 0 bridgehead atoms. The van der Waals surface area contributed by atoms with Crippen LogP contribution in [-0.4, -0.2) is 22.5 Å². The van der Waals surface area contributed by atoms with Gasteiger partial charge in [0.15, 0.2) is 12.6 Å². The Morgan fingerprint density at radius 2 is 1.22 bits per heavy atom. The van der Waals surface area contributed by atoms with Gasteiger partial charge in [-0.25, -0.2) is 0 Å². The Morgan fingerprint density at radius 1 is 0.778 bits per heavy atom. The summed E-state index contributed by atoms with van der Waals surface area (Å²) < 4.78 is 0. The maximum atomic E-state index is 10.4. The number of hydrogen-bond donors (Lipinski definition) is 0. The van der Waals surface area contributed by atoms with E-state index in [1.807, 2.05) is 0 Å². The molecule has 0 saturated carbocycles. The summed E-state index contributed by atoms with van der Waals surface area (Å²) in [6.45, 7) is 0. The molecule has 4 heteroatoms. The van der Waals surface area contributed by atoms with E-state index in [0.717, 1.165) is 0 Å². The molecule has 0 radical (unpaired) electrons. The van der Waals surface area contributed by atoms with E-state index in [1.54, 1.807) is 24.3 Å². The molecule has 0 fully saturated rings. The van der Waals surface area contributed by atoms with Crippen LogP contribution in [0, 0.1) is 11.8 Å². The fraction of sp³-hybridized carbons (Fsp3) is 0. The van der Waals surface area contributed by atoms with E-state index in [2.05, 4.69) is 21.8 Å². The Balaban J connectivity index is 2.19. The van der Waals surface area contributed by atoms with Crippen LogP contribution in [0.1, 0.15) is 32.1 Å². The Morgan fingerprint density at radius 3 is 1.50 bits per heavy atom. The minimum atomic E-state index is 0.373. The molecular formula is C14H8N2O2. The zero-order valence-electron chi connectivity index (χ0n) is 9.33. The Kier molecular flexibility index (Phi) is 3.57. The summed E-state index contributed by atoms with van der Waals surface area (Å²) in [6, 6.07) is 6.64. The van der Waals surface area contributed by atoms with Gasteiger partial charge in [-0.05, 0) is 24.3 Å². The van der Waals surface area contributed by atoms with Crippen LogP contribution in [-0.2, 0) is 0 Å². The van der Waals surface area contributed by atoms with Crippen molar-refractivity contribution in [3.63, 3.8) is 0 Å². The van der Waals surface area contributed by atoms with Crippen molar-refractivity contribution in [2.45, 2.75) is 0 Å². The lowest BCUT2D eigenvalue weighted by Gasteiger charge is -1.91. The largest absolute Gasteiger partial charge is 0.296 e. The normalized spacial score (nSPS) is 9.11. The fourth-order valence-corrected chi connectivity index (χ4v) is 1.24. The molecule has 18 heavy (non-hydrogen) atoms. The molecule has 0 saturated heterocycles. The third kappa shape index (κ3) is 2.86. The Labute approximate surface area is 104 Å². The molecule has 2 heterocycles. The average Bonchev–Trinajstić information content (AvgIpc) is 2.46. The summed E-state index contributed by atoms with van der Waals surface area (Å²) in [5, 5.41) is 0. The minimum absolute atomic E-state index is 0.373. The second kappa shape index (κ2) is 5.51. The predicted octanol–water partition coefficient (Wildman–Crippen LogP) is 1.50. The number of pyridine rings is 2. The van der Waals surface area contributed by atoms with Gasteiger partial charge in [-0.2, -0.15) is 0 Å². The van der Waals surface area contributed by atoms with Gasteiger partial charge in [0.1, 0.15) is 11.4 Å². The first-order valence-electron chi connectivity index (χ1n) is 5.16. The van der Waals surface area contributed by atoms with Crippen molar-refractivity contribution >= 4 is 12.6 Å². The van der Waals surface area contributed by atoms with Crippen LogP contribution < -0.4 is 0 Å². The molecule has 2 aromatic rings. The number of carbonyl (C=O) groups is 2. The van der Waals surface area contributed by atoms with Crippen LogP contribution in [0.4, 0.5) is 0 Å². The van der Waals surface area contributed by atoms with Crippen molar-refractivity contribution in [3.8, 4) is 11.8 Å². The number of rotatable bonds is 2. The smallest absolute Gasteiger partial charge is 0.168 e. The van der Waals surface area contributed by atoms with Gasteiger partial charge < -0.3 is 0 Å². The molecule has 0 aliphatic carbocycles. The summed E-state index contributed by atoms with van der Waals surface area (Å²) in [5.74, 6) is 5.79. The van der Waals surface area contributed by atoms with Crippen LogP contribution >= 0.6 is 0 Å². The summed E-state index contributed by atoms with van der Waals surface area (Å²) in [5.41, 5.74) is 2.16. The first-order valence-corrected chi connectivity index (χ1v) is 5.16. The van der Waals surface area contributed by atoms with Crippen LogP contribution in [0.2, 0.25) is 0 Å². The molecule has 4 nitrogen and oxygen atoms in total. The SMILES string of the molecule is O=Cc1ccc(C#Cc2ccc(C=O)nc2)cn1. The third-order valence-corrected chi connectivity index (χ3v) is 2.17. The van der Waals surface area contributed by atoms with Crippen LogP contribution in [0.5, 0.6) is 0 Å². The van der Waals surface area contributed by atoms with Gasteiger partial charge in [-0.3, -0.25) is 19.6 Å². The number of hydrogen-bond acceptors (Lipinski definition) is 4. The molecule has 2 rings (SSSR count). The van der Waals surface area contributed by atoms with Gasteiger partial charge in [0.05, 0.1) is 0 Å². The average molecular weight is 236 g/mol. The molecule has 0 aliphatic heterocycles. The summed E-state index contributed by atoms with van der Waals surface area (Å²) in [4.78, 5) is 28.7. The number of aromatic nitrogens is 2. The van der Waals surface area contributed by atoms with Crippen molar-refractivity contribution in [2.75, 3.05) is 0 Å². The van der Waals surface area contributed by atoms with Crippen molar-refractivity contribution in [1.82, 2.24) is 9.97 Å². The van der Waals surface area contributed by atoms with Gasteiger partial charge in [0.2, 0.25) is 0 Å². The van der Waals surface area contributed by atoms with Gasteiger partial charge in [-0.15, -0.1) is 0 Å². The van der Waals surface area contributed by atoms with E-state index in [0.29, 0.717) is 35.1 Å². The van der Waals surface area contributed by atoms with Crippen molar-refractivity contribution < 1.29 is 9.59 Å². The lowest BCUT2D eigenvalue weighted by Crippen LogP contribution is -1.87. The van der Waals surface area contributed by atoms with Gasteiger partial charge in [0.25, 0.3) is 0 Å². The number of aldehydes is 2. The quantitative estimate of drug-likeness (QED) is 0.585. The number of nitrogens with zero attached hydrogens (tertiary/aromatic N) is 2. The molecule has 2 aromatic heterocycles. The van der Waals surface area contributed by atoms with E-state index in [-0.39, 0.29) is 0 Å². The Hall–Kier alpha value is -2.80. The van der Waals surface area contributed by atoms with E-state index >= 15 is 0 Å². The van der Waals surface area contributed by atoms with Crippen LogP contribution in [0.15, 0.2) is 36.7 Å². The summed E-state index contributed by atoms with van der Waals surface area (Å²) in [6.07, 6.45) is 4.42. The number of carbonyl (C=O) groups excluding carboxylic acids is 2. The molecule has 0 N–H and O–H groups in total. The van der Waals surface area contributed by atoms with Crippen molar-refractivity contribution in [2.24, 2.45) is 0 Å². The predicted molar refractivity (Wildman–Crippen MR) is 65.2 cm³/mol. The highest BCUT2D eigenvalue weighted by Gasteiger charge is 1.92. The molecule has 0 aromatic carbocycles. The maximum absolute atomic E-state index is 10.4. The zero-order chi connectivity index (χ0) is 12.8. The van der Waals surface area contributed by atoms with Crippen LogP contribution in [0.3, 0.4) is 0 Å². The standard InChI is InChI=1S/C14H8N2O2/c17-9-13-5-3-11(7-15-13)1-2-12-4-6-14(10-18)16-8-12/h3-10H. The monoisotopic (exact) mass is 236 g/mol. The first-order chi connectivity index (χ1) is 8.81. The van der Waals surface area contributed by atoms with E-state index in [1.165, 1.54) is 12.4 Å². The van der Waals surface area contributed by atoms with E-state index < -0.39 is 0 Å². The zero-order valence-corrected chi connectivity index (χ0v) is 9.33. The van der Waals surface area contributed by atoms with Gasteiger partial charge >= 0.3 is 0 Å². The fourth-order valence-electron chi connectivity index (χ4n) is 1.24. The van der Waals surface area contributed by atoms with E-state index in [9.17, 15) is 9.59 Å². The highest BCUT2D eigenvalue weighted by molar-refractivity contribution is 5.72. The highest BCUT2D eigenvalue weighted by atomic mass is 16.1. The lowest BCUT2D eigenvalue weighted by atomic mass is 10.2. The highest BCUT2D eigenvalue weighted by Crippen LogP contribution is 1.99. The molecule has 0 aliphatic rings. The molecule has 0 amide bonds. The maximum Gasteiger partial charge on any atom is 0.168 e. The molecule has 0 unspecified atom stereocenters. The summed E-state index contributed by atoms with van der Waals surface area (Å²) in [7, 11) is 0. The van der Waals surface area contributed by atoms with Crippen LogP contribution in [0.25, 0.3) is 0 Å². The molecule has 0 atom stereocenters. The molecular weight excluding hydrogens is 228 g/mol. The second-order valence-electron chi connectivity index (χ2n) is 3.43. The molecule has 86 valence electrons. The van der Waals surface area contributed by atoms with Gasteiger partial charge in [-0.1, -0.05) is 11.8 Å². The second-order valence-corrected chi connectivity index (χ2v) is 3.43. The summed E-state index contributed by atoms with van der Waals surface area (Å²) >= 11 is 0. The van der Waals surface area contributed by atoms with Crippen molar-refractivity contribution in [3.05, 3.63) is 59.2 Å². The van der Waals surface area contributed by atoms with Gasteiger partial charge in [0, 0.05) is 23.5 Å². The topological polar surface area (TPSA) is 59.9 Å². The first kappa shape index (κ1) is 11.7. The lowest BCUT2D eigenvalue weighted by molar-refractivity contribution is 0.111. The van der Waals surface area contributed by atoms with E-state index in [4.69, 9.17) is 0 Å². The van der Waals surface area contributed by atoms with Crippen molar-refractivity contribution in [1.29, 1.82) is 0 Å². The third-order valence-electron chi connectivity index (χ3n) is 2.17. The Bertz CT molecular complexity index is 564. The molecule has 0 spiro atoms.